The summed E-state index contributed by atoms with van der Waals surface area (Å²) in [7, 11) is 1.60. The Kier molecular flexibility index (Phi) is 4.98. The molecule has 0 saturated heterocycles. The molecule has 1 rings (SSSR count). The van der Waals surface area contributed by atoms with Crippen molar-refractivity contribution < 1.29 is 9.84 Å². The van der Waals surface area contributed by atoms with E-state index >= 15 is 0 Å². The van der Waals surface area contributed by atoms with Gasteiger partial charge in [-0.3, -0.25) is 0 Å². The zero-order chi connectivity index (χ0) is 12.0. The van der Waals surface area contributed by atoms with E-state index in [0.29, 0.717) is 30.3 Å². The number of methoxy groups -OCH3 is 1. The number of aromatic nitrogens is 1. The van der Waals surface area contributed by atoms with Gasteiger partial charge in [-0.05, 0) is 11.5 Å². The van der Waals surface area contributed by atoms with E-state index in [9.17, 15) is 0 Å². The molecule has 1 aromatic rings. The molecule has 0 spiro atoms. The standard InChI is InChI=1S/C9H14N4O2S/c1-15-5-3-13(2-4-14)9-7(6-10)8(11)12-16-9/h14H,2-5H2,1H3,(H2,11,12). The topological polar surface area (TPSA) is 95.4 Å². The first-order valence-corrected chi connectivity index (χ1v) is 5.52. The monoisotopic (exact) mass is 242 g/mol. The van der Waals surface area contributed by atoms with Gasteiger partial charge in [0, 0.05) is 20.2 Å². The molecule has 0 aliphatic carbocycles. The van der Waals surface area contributed by atoms with E-state index in [0.717, 1.165) is 11.5 Å². The Labute approximate surface area is 98.0 Å². The zero-order valence-electron chi connectivity index (χ0n) is 9.01. The highest BCUT2D eigenvalue weighted by Gasteiger charge is 2.17. The highest BCUT2D eigenvalue weighted by molar-refractivity contribution is 7.10. The van der Waals surface area contributed by atoms with Crippen LogP contribution in [0.5, 0.6) is 0 Å². The van der Waals surface area contributed by atoms with Crippen LogP contribution in [0.15, 0.2) is 0 Å². The summed E-state index contributed by atoms with van der Waals surface area (Å²) in [6.45, 7) is 1.54. The molecule has 6 nitrogen and oxygen atoms in total. The summed E-state index contributed by atoms with van der Waals surface area (Å²) in [5.41, 5.74) is 5.94. The molecular formula is C9H14N4O2S. The number of rotatable bonds is 6. The van der Waals surface area contributed by atoms with Gasteiger partial charge in [0.15, 0.2) is 5.82 Å². The van der Waals surface area contributed by atoms with E-state index in [1.54, 1.807) is 7.11 Å². The Hall–Kier alpha value is -1.36. The minimum atomic E-state index is 0.00634. The molecule has 0 fully saturated rings. The van der Waals surface area contributed by atoms with Gasteiger partial charge in [-0.1, -0.05) is 0 Å². The molecule has 3 N–H and O–H groups in total. The fourth-order valence-corrected chi connectivity index (χ4v) is 2.07. The highest BCUT2D eigenvalue weighted by atomic mass is 32.1. The van der Waals surface area contributed by atoms with Gasteiger partial charge < -0.3 is 20.5 Å². The Morgan fingerprint density at radius 3 is 2.94 bits per heavy atom. The Bertz CT molecular complexity index is 374. The lowest BCUT2D eigenvalue weighted by atomic mass is 10.3. The summed E-state index contributed by atoms with van der Waals surface area (Å²) < 4.78 is 8.90. The van der Waals surface area contributed by atoms with Crippen LogP contribution < -0.4 is 10.6 Å². The average molecular weight is 242 g/mol. The largest absolute Gasteiger partial charge is 0.395 e. The van der Waals surface area contributed by atoms with Gasteiger partial charge >= 0.3 is 0 Å². The van der Waals surface area contributed by atoms with Crippen molar-refractivity contribution in [2.24, 2.45) is 0 Å². The highest BCUT2D eigenvalue weighted by Crippen LogP contribution is 2.29. The fraction of sp³-hybridized carbons (Fsp3) is 0.556. The molecule has 0 bridgehead atoms. The van der Waals surface area contributed by atoms with Crippen molar-refractivity contribution >= 4 is 22.4 Å². The Morgan fingerprint density at radius 2 is 2.38 bits per heavy atom. The van der Waals surface area contributed by atoms with E-state index < -0.39 is 0 Å². The Morgan fingerprint density at radius 1 is 1.62 bits per heavy atom. The van der Waals surface area contributed by atoms with Gasteiger partial charge in [0.05, 0.1) is 13.2 Å². The molecule has 1 aromatic heterocycles. The van der Waals surface area contributed by atoms with Crippen LogP contribution in [-0.4, -0.2) is 42.9 Å². The molecule has 0 atom stereocenters. The molecule has 7 heteroatoms. The lowest BCUT2D eigenvalue weighted by Gasteiger charge is -2.21. The number of aliphatic hydroxyl groups is 1. The number of anilines is 2. The minimum Gasteiger partial charge on any atom is -0.395 e. The van der Waals surface area contributed by atoms with E-state index in [4.69, 9.17) is 20.8 Å². The third kappa shape index (κ3) is 2.82. The number of hydrogen-bond acceptors (Lipinski definition) is 7. The lowest BCUT2D eigenvalue weighted by molar-refractivity contribution is 0.203. The summed E-state index contributed by atoms with van der Waals surface area (Å²) >= 11 is 1.16. The zero-order valence-corrected chi connectivity index (χ0v) is 9.83. The molecule has 0 amide bonds. The quantitative estimate of drug-likeness (QED) is 0.731. The van der Waals surface area contributed by atoms with Crippen LogP contribution in [0.1, 0.15) is 5.56 Å². The van der Waals surface area contributed by atoms with E-state index in [1.165, 1.54) is 0 Å². The summed E-state index contributed by atoms with van der Waals surface area (Å²) in [4.78, 5) is 1.84. The summed E-state index contributed by atoms with van der Waals surface area (Å²) in [6, 6.07) is 2.02. The van der Waals surface area contributed by atoms with Crippen molar-refractivity contribution in [2.75, 3.05) is 44.0 Å². The van der Waals surface area contributed by atoms with Gasteiger partial charge in [-0.15, -0.1) is 0 Å². The second-order valence-corrected chi connectivity index (χ2v) is 3.82. The molecule has 0 radical (unpaired) electrons. The average Bonchev–Trinajstić information content (AvgIpc) is 2.65. The number of nitrogens with zero attached hydrogens (tertiary/aromatic N) is 3. The molecule has 0 aliphatic heterocycles. The van der Waals surface area contributed by atoms with Crippen LogP contribution in [0.3, 0.4) is 0 Å². The molecule has 0 saturated carbocycles. The number of nitriles is 1. The van der Waals surface area contributed by atoms with Crippen LogP contribution in [0.25, 0.3) is 0 Å². The third-order valence-corrected chi connectivity index (χ3v) is 2.96. The predicted octanol–water partition coefficient (Wildman–Crippen LogP) is 0.0421. The predicted molar refractivity (Wildman–Crippen MR) is 62.4 cm³/mol. The first kappa shape index (κ1) is 12.7. The summed E-state index contributed by atoms with van der Waals surface area (Å²) in [5, 5.41) is 18.6. The number of aliphatic hydroxyl groups excluding tert-OH is 1. The van der Waals surface area contributed by atoms with Crippen LogP contribution in [0, 0.1) is 11.3 Å². The minimum absolute atomic E-state index is 0.00634. The molecular weight excluding hydrogens is 228 g/mol. The van der Waals surface area contributed by atoms with Gasteiger partial charge in [0.2, 0.25) is 0 Å². The van der Waals surface area contributed by atoms with E-state index in [2.05, 4.69) is 4.37 Å². The van der Waals surface area contributed by atoms with E-state index in [1.807, 2.05) is 11.0 Å². The van der Waals surface area contributed by atoms with Gasteiger partial charge in [0.1, 0.15) is 16.6 Å². The first-order valence-electron chi connectivity index (χ1n) is 4.74. The van der Waals surface area contributed by atoms with Gasteiger partial charge in [0.25, 0.3) is 0 Å². The Balaban J connectivity index is 2.87. The second-order valence-electron chi connectivity index (χ2n) is 3.06. The van der Waals surface area contributed by atoms with Crippen molar-refractivity contribution in [2.45, 2.75) is 0 Å². The maximum Gasteiger partial charge on any atom is 0.157 e. The fourth-order valence-electron chi connectivity index (χ4n) is 1.25. The van der Waals surface area contributed by atoms with Crippen LogP contribution in [0.2, 0.25) is 0 Å². The smallest absolute Gasteiger partial charge is 0.157 e. The summed E-state index contributed by atoms with van der Waals surface area (Å²) in [6.07, 6.45) is 0. The SMILES string of the molecule is COCCN(CCO)c1snc(N)c1C#N. The maximum atomic E-state index is 8.96. The number of hydrogen-bond donors (Lipinski definition) is 2. The molecule has 1 heterocycles. The van der Waals surface area contributed by atoms with Crippen LogP contribution in [0.4, 0.5) is 10.8 Å². The molecule has 0 unspecified atom stereocenters. The molecule has 16 heavy (non-hydrogen) atoms. The van der Waals surface area contributed by atoms with E-state index in [-0.39, 0.29) is 12.4 Å². The first-order chi connectivity index (χ1) is 7.74. The number of nitrogens with two attached hydrogens (primary N) is 1. The second kappa shape index (κ2) is 6.27. The lowest BCUT2D eigenvalue weighted by Crippen LogP contribution is -2.30. The molecule has 0 aliphatic rings. The number of ether oxygens (including phenoxy) is 1. The van der Waals surface area contributed by atoms with Crippen LogP contribution in [-0.2, 0) is 4.74 Å². The van der Waals surface area contributed by atoms with Crippen LogP contribution >= 0.6 is 11.5 Å². The maximum absolute atomic E-state index is 8.96. The number of nitrogen functional groups attached to an aromatic ring is 1. The van der Waals surface area contributed by atoms with Crippen molar-refractivity contribution in [3.63, 3.8) is 0 Å². The van der Waals surface area contributed by atoms with Crippen molar-refractivity contribution in [1.82, 2.24) is 4.37 Å². The van der Waals surface area contributed by atoms with Gasteiger partial charge in [-0.25, -0.2) is 0 Å². The van der Waals surface area contributed by atoms with Crippen molar-refractivity contribution in [3.8, 4) is 6.07 Å². The van der Waals surface area contributed by atoms with Crippen molar-refractivity contribution in [3.05, 3.63) is 5.56 Å². The summed E-state index contributed by atoms with van der Waals surface area (Å²) in [5.74, 6) is 0.239. The van der Waals surface area contributed by atoms with Crippen molar-refractivity contribution in [1.29, 1.82) is 5.26 Å². The molecule has 0 aromatic carbocycles. The third-order valence-electron chi connectivity index (χ3n) is 2.03. The molecule has 88 valence electrons. The van der Waals surface area contributed by atoms with Gasteiger partial charge in [-0.2, -0.15) is 9.64 Å². The normalized spacial score (nSPS) is 10.1.